The Morgan fingerprint density at radius 3 is 2.23 bits per heavy atom. The average Bonchev–Trinajstić information content (AvgIpc) is 3.12. The molecule has 0 heterocycles. The zero-order valence-electron chi connectivity index (χ0n) is 26.4. The first-order valence-electron chi connectivity index (χ1n) is 15.3. The Hall–Kier alpha value is -5.27. The minimum Gasteiger partial charge on any atom is -0.497 e. The van der Waals surface area contributed by atoms with E-state index in [-0.39, 0.29) is 5.78 Å². The Kier molecular flexibility index (Phi) is 11.5. The monoisotopic (exact) mass is 648 g/mol. The van der Waals surface area contributed by atoms with E-state index in [4.69, 9.17) is 25.8 Å². The standard InChI is InChI=1S/C39H37ClN2O5/c1-45-32-14-10-11-29(25-32)27-42(37-18-9-7-16-34(37)40)23-24-47-31-21-19-28(20-22-31)26-36(39(44)46-2)41-35-17-8-6-15-33(35)38(43)30-12-4-3-5-13-30/h3-22,25,36,41H,23-24,26-27H2,1-2H3. The Labute approximate surface area is 280 Å². The molecule has 7 nitrogen and oxygen atoms in total. The summed E-state index contributed by atoms with van der Waals surface area (Å²) in [7, 11) is 3.01. The van der Waals surface area contributed by atoms with Crippen LogP contribution in [0.2, 0.25) is 5.02 Å². The van der Waals surface area contributed by atoms with Crippen molar-refractivity contribution < 1.29 is 23.8 Å². The fourth-order valence-electron chi connectivity index (χ4n) is 5.29. The fourth-order valence-corrected chi connectivity index (χ4v) is 5.55. The molecule has 0 bridgehead atoms. The number of benzene rings is 5. The van der Waals surface area contributed by atoms with Gasteiger partial charge in [0.15, 0.2) is 5.78 Å². The number of carbonyl (C=O) groups excluding carboxylic acids is 2. The van der Waals surface area contributed by atoms with Gasteiger partial charge in [-0.15, -0.1) is 0 Å². The van der Waals surface area contributed by atoms with Crippen molar-refractivity contribution in [2.75, 3.05) is 37.6 Å². The largest absolute Gasteiger partial charge is 0.497 e. The normalized spacial score (nSPS) is 11.3. The molecular formula is C39H37ClN2O5. The second-order valence-electron chi connectivity index (χ2n) is 10.9. The van der Waals surface area contributed by atoms with Crippen molar-refractivity contribution in [2.24, 2.45) is 0 Å². The maximum Gasteiger partial charge on any atom is 0.328 e. The number of ether oxygens (including phenoxy) is 3. The molecule has 5 aromatic carbocycles. The van der Waals surface area contributed by atoms with Crippen LogP contribution in [0.25, 0.3) is 0 Å². The lowest BCUT2D eigenvalue weighted by molar-refractivity contribution is -0.141. The molecule has 1 unspecified atom stereocenters. The molecule has 0 saturated heterocycles. The van der Waals surface area contributed by atoms with Gasteiger partial charge in [-0.25, -0.2) is 4.79 Å². The van der Waals surface area contributed by atoms with Crippen molar-refractivity contribution in [1.82, 2.24) is 0 Å². The molecule has 1 atom stereocenters. The first-order valence-corrected chi connectivity index (χ1v) is 15.7. The zero-order valence-corrected chi connectivity index (χ0v) is 27.2. The van der Waals surface area contributed by atoms with Gasteiger partial charge in [-0.05, 0) is 59.7 Å². The molecule has 0 spiro atoms. The number of rotatable bonds is 15. The van der Waals surface area contributed by atoms with E-state index in [0.29, 0.717) is 53.7 Å². The third-order valence-electron chi connectivity index (χ3n) is 7.72. The lowest BCUT2D eigenvalue weighted by Gasteiger charge is -2.26. The van der Waals surface area contributed by atoms with Crippen LogP contribution >= 0.6 is 11.6 Å². The van der Waals surface area contributed by atoms with Crippen molar-refractivity contribution in [3.8, 4) is 11.5 Å². The highest BCUT2D eigenvalue weighted by atomic mass is 35.5. The maximum absolute atomic E-state index is 13.2. The molecule has 0 aliphatic carbocycles. The Morgan fingerprint density at radius 1 is 0.766 bits per heavy atom. The van der Waals surface area contributed by atoms with Crippen LogP contribution < -0.4 is 19.7 Å². The maximum atomic E-state index is 13.2. The van der Waals surface area contributed by atoms with Gasteiger partial charge in [-0.2, -0.15) is 0 Å². The lowest BCUT2D eigenvalue weighted by Crippen LogP contribution is -2.33. The number of nitrogens with zero attached hydrogens (tertiary/aromatic N) is 1. The predicted octanol–water partition coefficient (Wildman–Crippen LogP) is 7.86. The van der Waals surface area contributed by atoms with Gasteiger partial charge in [0, 0.05) is 29.8 Å². The minimum absolute atomic E-state index is 0.129. The molecule has 8 heteroatoms. The Bertz CT molecular complexity index is 1780. The van der Waals surface area contributed by atoms with Crippen molar-refractivity contribution in [3.63, 3.8) is 0 Å². The highest BCUT2D eigenvalue weighted by Gasteiger charge is 2.23. The second kappa shape index (κ2) is 16.3. The number of halogens is 1. The SMILES string of the molecule is COC(=O)C(Cc1ccc(OCCN(Cc2cccc(OC)c2)c2ccccc2Cl)cc1)Nc1ccccc1C(=O)c1ccccc1. The summed E-state index contributed by atoms with van der Waals surface area (Å²) in [6.07, 6.45) is 0.349. The summed E-state index contributed by atoms with van der Waals surface area (Å²) in [5.74, 6) is 0.946. The molecule has 240 valence electrons. The molecule has 0 fully saturated rings. The third kappa shape index (κ3) is 8.93. The van der Waals surface area contributed by atoms with E-state index in [1.54, 1.807) is 37.4 Å². The summed E-state index contributed by atoms with van der Waals surface area (Å²) < 4.78 is 16.7. The van der Waals surface area contributed by atoms with E-state index in [0.717, 1.165) is 22.6 Å². The lowest BCUT2D eigenvalue weighted by atomic mass is 10.00. The van der Waals surface area contributed by atoms with Gasteiger partial charge in [0.2, 0.25) is 0 Å². The number of ketones is 1. The minimum atomic E-state index is -0.711. The highest BCUT2D eigenvalue weighted by molar-refractivity contribution is 6.33. The number of hydrogen-bond donors (Lipinski definition) is 1. The van der Waals surface area contributed by atoms with Crippen LogP contribution in [0.3, 0.4) is 0 Å². The highest BCUT2D eigenvalue weighted by Crippen LogP contribution is 2.28. The molecule has 0 radical (unpaired) electrons. The van der Waals surface area contributed by atoms with Crippen molar-refractivity contribution in [2.45, 2.75) is 19.0 Å². The number of hydrogen-bond acceptors (Lipinski definition) is 7. The summed E-state index contributed by atoms with van der Waals surface area (Å²) in [6.45, 7) is 1.65. The van der Waals surface area contributed by atoms with Crippen molar-refractivity contribution in [3.05, 3.63) is 155 Å². The van der Waals surface area contributed by atoms with Gasteiger partial charge < -0.3 is 24.4 Å². The van der Waals surface area contributed by atoms with Crippen LogP contribution in [0.5, 0.6) is 11.5 Å². The van der Waals surface area contributed by atoms with Gasteiger partial charge in [0.05, 0.1) is 31.5 Å². The van der Waals surface area contributed by atoms with Gasteiger partial charge in [-0.3, -0.25) is 4.79 Å². The van der Waals surface area contributed by atoms with E-state index >= 15 is 0 Å². The fraction of sp³-hybridized carbons (Fsp3) is 0.179. The number of nitrogens with one attached hydrogen (secondary N) is 1. The molecule has 0 saturated carbocycles. The molecule has 1 N–H and O–H groups in total. The number of para-hydroxylation sites is 2. The van der Waals surface area contributed by atoms with Crippen LogP contribution in [0.15, 0.2) is 127 Å². The summed E-state index contributed by atoms with van der Waals surface area (Å²) in [6, 6.07) is 38.9. The summed E-state index contributed by atoms with van der Waals surface area (Å²) >= 11 is 6.57. The topological polar surface area (TPSA) is 77.1 Å². The molecule has 0 aliphatic rings. The van der Waals surface area contributed by atoms with E-state index < -0.39 is 12.0 Å². The molecule has 0 aliphatic heterocycles. The van der Waals surface area contributed by atoms with E-state index in [2.05, 4.69) is 16.3 Å². The zero-order chi connectivity index (χ0) is 33.0. The van der Waals surface area contributed by atoms with E-state index in [1.165, 1.54) is 7.11 Å². The smallest absolute Gasteiger partial charge is 0.328 e. The van der Waals surface area contributed by atoms with Gasteiger partial charge in [0.1, 0.15) is 24.1 Å². The molecular weight excluding hydrogens is 612 g/mol. The van der Waals surface area contributed by atoms with Gasteiger partial charge in [-0.1, -0.05) is 90.5 Å². The Morgan fingerprint density at radius 2 is 1.49 bits per heavy atom. The van der Waals surface area contributed by atoms with Crippen LogP contribution in [0.4, 0.5) is 11.4 Å². The van der Waals surface area contributed by atoms with Crippen LogP contribution in [0.1, 0.15) is 27.0 Å². The van der Waals surface area contributed by atoms with Crippen LogP contribution in [-0.4, -0.2) is 45.2 Å². The first-order chi connectivity index (χ1) is 22.9. The summed E-state index contributed by atoms with van der Waals surface area (Å²) in [5, 5.41) is 3.92. The number of esters is 1. The molecule has 5 aromatic rings. The van der Waals surface area contributed by atoms with Gasteiger partial charge >= 0.3 is 5.97 Å². The van der Waals surface area contributed by atoms with Crippen LogP contribution in [0, 0.1) is 0 Å². The number of methoxy groups -OCH3 is 2. The number of anilines is 2. The molecule has 0 amide bonds. The van der Waals surface area contributed by atoms with E-state index in [1.807, 2.05) is 91.0 Å². The van der Waals surface area contributed by atoms with Crippen molar-refractivity contribution >= 4 is 34.7 Å². The first kappa shape index (κ1) is 33.1. The third-order valence-corrected chi connectivity index (χ3v) is 8.04. The van der Waals surface area contributed by atoms with Crippen molar-refractivity contribution in [1.29, 1.82) is 0 Å². The summed E-state index contributed by atoms with van der Waals surface area (Å²) in [4.78, 5) is 28.3. The quantitative estimate of drug-likeness (QED) is 0.0915. The van der Waals surface area contributed by atoms with Gasteiger partial charge in [0.25, 0.3) is 0 Å². The molecule has 0 aromatic heterocycles. The second-order valence-corrected chi connectivity index (χ2v) is 11.3. The summed E-state index contributed by atoms with van der Waals surface area (Å²) in [5.41, 5.74) is 4.53. The Balaban J connectivity index is 1.24. The molecule has 5 rings (SSSR count). The number of carbonyl (C=O) groups is 2. The van der Waals surface area contributed by atoms with E-state index in [9.17, 15) is 9.59 Å². The average molecular weight is 649 g/mol. The molecule has 47 heavy (non-hydrogen) atoms. The van der Waals surface area contributed by atoms with Crippen LogP contribution in [-0.2, 0) is 22.5 Å². The predicted molar refractivity (Wildman–Crippen MR) is 187 cm³/mol.